The van der Waals surface area contributed by atoms with Crippen LogP contribution in [0.2, 0.25) is 0 Å². The normalized spacial score (nSPS) is 23.8. The number of aliphatic hydroxyl groups is 1. The fraction of sp³-hybridized carbons (Fsp3) is 0.929. The lowest BCUT2D eigenvalue weighted by molar-refractivity contribution is -0.263. The van der Waals surface area contributed by atoms with Gasteiger partial charge in [-0.2, -0.15) is 0 Å². The third kappa shape index (κ3) is 2.39. The van der Waals surface area contributed by atoms with Gasteiger partial charge in [-0.1, -0.05) is 18.9 Å². The van der Waals surface area contributed by atoms with Gasteiger partial charge in [-0.15, -0.1) is 0 Å². The number of carbonyl (C=O) groups excluding carboxylic acids is 1. The van der Waals surface area contributed by atoms with Gasteiger partial charge in [-0.3, -0.25) is 4.79 Å². The quantitative estimate of drug-likeness (QED) is 0.773. The zero-order valence-electron chi connectivity index (χ0n) is 13.1. The standard InChI is InChI=1S/C14H28N2O3/c1-7-14(8-2)11(18)15(13(5,6)10-17)9-12(3,4)16(14)19/h17,19H,7-10H2,1-6H3/p+1. The summed E-state index contributed by atoms with van der Waals surface area (Å²) in [5.41, 5.74) is -1.80. The van der Waals surface area contributed by atoms with Crippen LogP contribution in [0, 0.1) is 0 Å². The van der Waals surface area contributed by atoms with Crippen molar-refractivity contribution < 1.29 is 15.1 Å². The molecule has 1 aliphatic heterocycles. The van der Waals surface area contributed by atoms with Crippen LogP contribution in [0.5, 0.6) is 0 Å². The Balaban J connectivity index is 3.30. The highest BCUT2D eigenvalue weighted by Gasteiger charge is 2.59. The fourth-order valence-electron chi connectivity index (χ4n) is 2.90. The maximum Gasteiger partial charge on any atom is 0.250 e. The maximum atomic E-state index is 12.9. The summed E-state index contributed by atoms with van der Waals surface area (Å²) >= 11 is 0. The van der Waals surface area contributed by atoms with Crippen molar-refractivity contribution in [2.75, 3.05) is 13.2 Å². The van der Waals surface area contributed by atoms with Gasteiger partial charge in [-0.05, 0) is 40.5 Å². The largest absolute Gasteiger partial charge is 0.394 e. The van der Waals surface area contributed by atoms with Crippen molar-refractivity contribution in [1.82, 2.24) is 9.96 Å². The van der Waals surface area contributed by atoms with Crippen molar-refractivity contribution in [3.05, 3.63) is 0 Å². The first-order valence-corrected chi connectivity index (χ1v) is 7.03. The Morgan fingerprint density at radius 1 is 1.32 bits per heavy atom. The van der Waals surface area contributed by atoms with Crippen LogP contribution in [0.1, 0.15) is 54.4 Å². The summed E-state index contributed by atoms with van der Waals surface area (Å²) in [5, 5.41) is 19.4. The number of rotatable bonds is 4. The smallest absolute Gasteiger partial charge is 0.250 e. The van der Waals surface area contributed by atoms with Gasteiger partial charge in [-0.25, -0.2) is 0 Å². The van der Waals surface area contributed by atoms with E-state index >= 15 is 0 Å². The van der Waals surface area contributed by atoms with Crippen LogP contribution in [0.25, 0.3) is 0 Å². The molecule has 1 heterocycles. The molecule has 19 heavy (non-hydrogen) atoms. The lowest BCUT2D eigenvalue weighted by Crippen LogP contribution is -2.75. The molecular formula is C14H29N2O3+. The minimum Gasteiger partial charge on any atom is -0.394 e. The Morgan fingerprint density at radius 3 is 2.16 bits per heavy atom. The number of aliphatic hydroxyl groups excluding tert-OH is 1. The number of hydrogen-bond donors (Lipinski definition) is 1. The van der Waals surface area contributed by atoms with E-state index in [2.05, 4.69) is 0 Å². The number of nitrogens with zero attached hydrogens (tertiary/aromatic N) is 2. The van der Waals surface area contributed by atoms with Gasteiger partial charge in [0.05, 0.1) is 12.1 Å². The maximum absolute atomic E-state index is 12.9. The van der Waals surface area contributed by atoms with Gasteiger partial charge >= 0.3 is 0 Å². The number of carbonyl (C=O) groups is 1. The number of hydrogen-bond acceptors (Lipinski definition) is 3. The molecule has 0 saturated carbocycles. The lowest BCUT2D eigenvalue weighted by atomic mass is 9.80. The fourth-order valence-corrected chi connectivity index (χ4v) is 2.90. The van der Waals surface area contributed by atoms with E-state index in [0.717, 1.165) is 0 Å². The molecule has 0 radical (unpaired) electrons. The van der Waals surface area contributed by atoms with Crippen molar-refractivity contribution in [3.63, 3.8) is 0 Å². The van der Waals surface area contributed by atoms with E-state index in [1.54, 1.807) is 4.90 Å². The summed E-state index contributed by atoms with van der Waals surface area (Å²) < 4.78 is 0. The second-order valence-corrected chi connectivity index (χ2v) is 6.75. The Kier molecular flexibility index (Phi) is 4.35. The lowest BCUT2D eigenvalue weighted by Gasteiger charge is -2.54. The summed E-state index contributed by atoms with van der Waals surface area (Å²) in [6.45, 7) is 12.0. The molecule has 0 aromatic rings. The molecule has 5 nitrogen and oxygen atoms in total. The molecule has 1 amide bonds. The molecule has 0 bridgehead atoms. The van der Waals surface area contributed by atoms with Gasteiger partial charge in [0, 0.05) is 6.54 Å². The molecule has 0 aliphatic carbocycles. The van der Waals surface area contributed by atoms with Gasteiger partial charge in [0.1, 0.15) is 5.54 Å². The average molecular weight is 273 g/mol. The zero-order valence-corrected chi connectivity index (χ0v) is 13.1. The molecule has 112 valence electrons. The Labute approximate surface area is 116 Å². The number of amides is 1. The van der Waals surface area contributed by atoms with Crippen molar-refractivity contribution in [2.45, 2.75) is 71.0 Å². The van der Waals surface area contributed by atoms with Crippen LogP contribution in [0.4, 0.5) is 0 Å². The van der Waals surface area contributed by atoms with Gasteiger partial charge in [0.15, 0.2) is 5.54 Å². The van der Waals surface area contributed by atoms with Crippen molar-refractivity contribution in [1.29, 1.82) is 0 Å². The van der Waals surface area contributed by atoms with E-state index in [0.29, 0.717) is 19.4 Å². The molecule has 1 fully saturated rings. The van der Waals surface area contributed by atoms with Crippen LogP contribution in [-0.2, 0) is 4.79 Å². The first-order chi connectivity index (χ1) is 8.59. The third-order valence-corrected chi connectivity index (χ3v) is 4.51. The molecule has 1 aliphatic rings. The topological polar surface area (TPSA) is 66.7 Å². The number of piperazine rings is 1. The van der Waals surface area contributed by atoms with E-state index in [-0.39, 0.29) is 12.5 Å². The van der Waals surface area contributed by atoms with E-state index in [1.807, 2.05) is 41.5 Å². The molecule has 1 saturated heterocycles. The minimum atomic E-state index is -0.784. The van der Waals surface area contributed by atoms with Crippen LogP contribution >= 0.6 is 0 Å². The Hall–Kier alpha value is -0.650. The van der Waals surface area contributed by atoms with E-state index < -0.39 is 16.6 Å². The van der Waals surface area contributed by atoms with Gasteiger partial charge in [0.25, 0.3) is 5.91 Å². The van der Waals surface area contributed by atoms with Gasteiger partial charge in [0.2, 0.25) is 0 Å². The van der Waals surface area contributed by atoms with Crippen LogP contribution in [0.15, 0.2) is 0 Å². The Bertz CT molecular complexity index is 349. The number of hydroxylamine groups is 2. The van der Waals surface area contributed by atoms with E-state index in [1.165, 1.54) is 5.06 Å². The summed E-state index contributed by atoms with van der Waals surface area (Å²) in [5.74, 6) is -0.0362. The summed E-state index contributed by atoms with van der Waals surface area (Å²) in [6.07, 6.45) is 1.21. The molecule has 0 spiro atoms. The monoisotopic (exact) mass is 273 g/mol. The third-order valence-electron chi connectivity index (χ3n) is 4.51. The average Bonchev–Trinajstić information content (AvgIpc) is 2.36. The van der Waals surface area contributed by atoms with Crippen molar-refractivity contribution in [2.24, 2.45) is 0 Å². The summed E-state index contributed by atoms with van der Waals surface area (Å²) in [7, 11) is 0. The SMILES string of the molecule is CCC1(CC)C(=O)N(C(C)(C)CO)CC(C)(C)N1[OH2+]. The van der Waals surface area contributed by atoms with E-state index in [4.69, 9.17) is 5.21 Å². The predicted octanol–water partition coefficient (Wildman–Crippen LogP) is 0.879. The second-order valence-electron chi connectivity index (χ2n) is 6.75. The van der Waals surface area contributed by atoms with Crippen molar-refractivity contribution in [3.8, 4) is 0 Å². The first kappa shape index (κ1) is 16.4. The van der Waals surface area contributed by atoms with E-state index in [9.17, 15) is 9.90 Å². The zero-order chi connectivity index (χ0) is 15.1. The molecule has 5 heteroatoms. The molecule has 3 N–H and O–H groups in total. The highest BCUT2D eigenvalue weighted by Crippen LogP contribution is 2.38. The molecule has 0 atom stereocenters. The Morgan fingerprint density at radius 2 is 1.79 bits per heavy atom. The highest BCUT2D eigenvalue weighted by atomic mass is 16.5. The van der Waals surface area contributed by atoms with Crippen LogP contribution in [0.3, 0.4) is 0 Å². The van der Waals surface area contributed by atoms with Crippen LogP contribution in [-0.4, -0.2) is 56.0 Å². The molecule has 0 aromatic heterocycles. The molecule has 0 unspecified atom stereocenters. The second kappa shape index (κ2) is 5.04. The molecule has 1 rings (SSSR count). The van der Waals surface area contributed by atoms with Crippen molar-refractivity contribution >= 4 is 5.91 Å². The molecule has 0 aromatic carbocycles. The predicted molar refractivity (Wildman–Crippen MR) is 75.7 cm³/mol. The molecular weight excluding hydrogens is 244 g/mol. The summed E-state index contributed by atoms with van der Waals surface area (Å²) in [4.78, 5) is 14.6. The van der Waals surface area contributed by atoms with Crippen LogP contribution < -0.4 is 0 Å². The highest BCUT2D eigenvalue weighted by molar-refractivity contribution is 5.88. The summed E-state index contributed by atoms with van der Waals surface area (Å²) in [6, 6.07) is 0. The van der Waals surface area contributed by atoms with Gasteiger partial charge < -0.3 is 15.2 Å². The first-order valence-electron chi connectivity index (χ1n) is 7.03. The minimum absolute atomic E-state index is 0.0362.